The first-order valence-electron chi connectivity index (χ1n) is 11.7. The van der Waals surface area contributed by atoms with Gasteiger partial charge in [0.15, 0.2) is 0 Å². The number of amides is 1. The molecule has 0 unspecified atom stereocenters. The topological polar surface area (TPSA) is 85.9 Å². The van der Waals surface area contributed by atoms with E-state index in [9.17, 15) is 4.79 Å². The number of aromatic amines is 1. The van der Waals surface area contributed by atoms with E-state index < -0.39 is 0 Å². The summed E-state index contributed by atoms with van der Waals surface area (Å²) in [7, 11) is 0. The molecule has 0 spiro atoms. The van der Waals surface area contributed by atoms with Crippen molar-refractivity contribution in [3.05, 3.63) is 60.0 Å². The summed E-state index contributed by atoms with van der Waals surface area (Å²) in [5.41, 5.74) is 3.20. The second-order valence-electron chi connectivity index (χ2n) is 9.23. The normalized spacial score (nSPS) is 16.7. The van der Waals surface area contributed by atoms with Crippen molar-refractivity contribution in [2.45, 2.75) is 52.2 Å². The first kappa shape index (κ1) is 21.4. The molecular formula is C26H30N6O. The van der Waals surface area contributed by atoms with E-state index in [4.69, 9.17) is 4.98 Å². The van der Waals surface area contributed by atoms with Gasteiger partial charge in [-0.15, -0.1) is 0 Å². The Hall–Kier alpha value is -3.45. The molecule has 0 saturated carbocycles. The zero-order valence-electron chi connectivity index (χ0n) is 19.4. The highest BCUT2D eigenvalue weighted by molar-refractivity contribution is 6.07. The largest absolute Gasteiger partial charge is 0.367 e. The number of rotatable bonds is 6. The number of pyridine rings is 1. The number of likely N-dealkylation sites (tertiary alicyclic amines) is 1. The third kappa shape index (κ3) is 4.54. The molecule has 1 aliphatic heterocycles. The molecule has 33 heavy (non-hydrogen) atoms. The monoisotopic (exact) mass is 442 g/mol. The number of hydrogen-bond acceptors (Lipinski definition) is 5. The molecule has 1 amide bonds. The van der Waals surface area contributed by atoms with E-state index in [1.165, 1.54) is 12.8 Å². The Morgan fingerprint density at radius 1 is 1.21 bits per heavy atom. The zero-order chi connectivity index (χ0) is 22.9. The second-order valence-corrected chi connectivity index (χ2v) is 9.23. The fourth-order valence-corrected chi connectivity index (χ4v) is 4.55. The van der Waals surface area contributed by atoms with E-state index in [0.29, 0.717) is 11.6 Å². The maximum atomic E-state index is 13.0. The first-order valence-corrected chi connectivity index (χ1v) is 11.7. The van der Waals surface area contributed by atoms with Gasteiger partial charge in [0, 0.05) is 34.9 Å². The molecule has 2 aromatic heterocycles. The summed E-state index contributed by atoms with van der Waals surface area (Å²) in [6, 6.07) is 14.3. The van der Waals surface area contributed by atoms with Crippen LogP contribution in [0.15, 0.2) is 48.7 Å². The summed E-state index contributed by atoms with van der Waals surface area (Å²) in [4.78, 5) is 28.0. The number of carbonyl (C=O) groups is 1. The molecule has 1 aliphatic rings. The molecular weight excluding hydrogens is 412 g/mol. The van der Waals surface area contributed by atoms with Crippen molar-refractivity contribution in [2.75, 3.05) is 17.2 Å². The van der Waals surface area contributed by atoms with E-state index in [1.54, 1.807) is 6.20 Å². The van der Waals surface area contributed by atoms with Crippen LogP contribution >= 0.6 is 0 Å². The Balaban J connectivity index is 1.33. The average molecular weight is 443 g/mol. The lowest BCUT2D eigenvalue weighted by Crippen LogP contribution is -2.26. The van der Waals surface area contributed by atoms with Crippen LogP contribution in [0.5, 0.6) is 0 Å². The SMILES string of the molecule is CC(C)Nc1nccc2cc(C(=O)Nc3ccc4nc(CN5CCC[C@@H]5C)[nH]c4c3)ccc12. The zero-order valence-corrected chi connectivity index (χ0v) is 19.4. The predicted octanol–water partition coefficient (Wildman–Crippen LogP) is 5.17. The molecule has 3 heterocycles. The van der Waals surface area contributed by atoms with Crippen molar-refractivity contribution in [2.24, 2.45) is 0 Å². The van der Waals surface area contributed by atoms with Crippen LogP contribution in [0.4, 0.5) is 11.5 Å². The van der Waals surface area contributed by atoms with E-state index >= 15 is 0 Å². The van der Waals surface area contributed by atoms with Crippen LogP contribution in [-0.4, -0.2) is 44.4 Å². The molecule has 0 aliphatic carbocycles. The predicted molar refractivity (Wildman–Crippen MR) is 134 cm³/mol. The van der Waals surface area contributed by atoms with E-state index in [1.807, 2.05) is 42.5 Å². The van der Waals surface area contributed by atoms with Crippen LogP contribution in [0.2, 0.25) is 0 Å². The van der Waals surface area contributed by atoms with Crippen LogP contribution in [0.3, 0.4) is 0 Å². The van der Waals surface area contributed by atoms with Crippen molar-refractivity contribution in [3.63, 3.8) is 0 Å². The summed E-state index contributed by atoms with van der Waals surface area (Å²) >= 11 is 0. The molecule has 7 nitrogen and oxygen atoms in total. The van der Waals surface area contributed by atoms with Crippen LogP contribution in [0.1, 0.15) is 49.8 Å². The average Bonchev–Trinajstić information content (AvgIpc) is 3.38. The maximum Gasteiger partial charge on any atom is 0.255 e. The number of carbonyl (C=O) groups excluding carboxylic acids is 1. The van der Waals surface area contributed by atoms with Gasteiger partial charge in [-0.3, -0.25) is 9.69 Å². The fraction of sp³-hybridized carbons (Fsp3) is 0.346. The minimum Gasteiger partial charge on any atom is -0.367 e. The van der Waals surface area contributed by atoms with Crippen molar-refractivity contribution in [1.82, 2.24) is 19.9 Å². The lowest BCUT2D eigenvalue weighted by atomic mass is 10.1. The highest BCUT2D eigenvalue weighted by atomic mass is 16.1. The van der Waals surface area contributed by atoms with Crippen molar-refractivity contribution in [1.29, 1.82) is 0 Å². The van der Waals surface area contributed by atoms with Gasteiger partial charge < -0.3 is 15.6 Å². The standard InChI is InChI=1S/C26H30N6O/c1-16(2)28-25-21-8-6-19(13-18(21)10-11-27-25)26(33)29-20-7-9-22-23(14-20)31-24(30-22)15-32-12-4-5-17(32)3/h6-11,13-14,16-17H,4-5,12,15H2,1-3H3,(H,27,28)(H,29,33)(H,30,31)/t17-/m0/s1. The van der Waals surface area contributed by atoms with Gasteiger partial charge in [-0.25, -0.2) is 9.97 Å². The molecule has 4 aromatic rings. The fourth-order valence-electron chi connectivity index (χ4n) is 4.55. The second kappa shape index (κ2) is 8.83. The molecule has 5 rings (SSSR count). The molecule has 170 valence electrons. The van der Waals surface area contributed by atoms with Crippen LogP contribution in [0.25, 0.3) is 21.8 Å². The Morgan fingerprint density at radius 3 is 2.88 bits per heavy atom. The number of imidazole rings is 1. The van der Waals surface area contributed by atoms with Crippen molar-refractivity contribution >= 4 is 39.2 Å². The first-order chi connectivity index (χ1) is 16.0. The van der Waals surface area contributed by atoms with Gasteiger partial charge in [0.05, 0.1) is 17.6 Å². The molecule has 0 bridgehead atoms. The van der Waals surface area contributed by atoms with Gasteiger partial charge in [-0.2, -0.15) is 0 Å². The quantitative estimate of drug-likeness (QED) is 0.384. The van der Waals surface area contributed by atoms with Gasteiger partial charge in [0.25, 0.3) is 5.91 Å². The molecule has 1 saturated heterocycles. The number of benzene rings is 2. The molecule has 7 heteroatoms. The number of H-pyrrole nitrogens is 1. The molecule has 1 atom stereocenters. The number of nitrogens with one attached hydrogen (secondary N) is 3. The van der Waals surface area contributed by atoms with Crippen molar-refractivity contribution in [3.8, 4) is 0 Å². The summed E-state index contributed by atoms with van der Waals surface area (Å²) in [5.74, 6) is 1.66. The Bertz CT molecular complexity index is 1310. The summed E-state index contributed by atoms with van der Waals surface area (Å²) < 4.78 is 0. The minimum absolute atomic E-state index is 0.142. The van der Waals surface area contributed by atoms with Crippen molar-refractivity contribution < 1.29 is 4.79 Å². The third-order valence-corrected chi connectivity index (χ3v) is 6.28. The smallest absolute Gasteiger partial charge is 0.255 e. The van der Waals surface area contributed by atoms with Gasteiger partial charge >= 0.3 is 0 Å². The van der Waals surface area contributed by atoms with Crippen LogP contribution in [-0.2, 0) is 6.54 Å². The Morgan fingerprint density at radius 2 is 2.09 bits per heavy atom. The van der Waals surface area contributed by atoms with E-state index in [0.717, 1.165) is 52.2 Å². The number of fused-ring (bicyclic) bond motifs is 2. The summed E-state index contributed by atoms with van der Waals surface area (Å²) in [5, 5.41) is 8.36. The lowest BCUT2D eigenvalue weighted by Gasteiger charge is -2.19. The molecule has 0 radical (unpaired) electrons. The number of aromatic nitrogens is 3. The van der Waals surface area contributed by atoms with Gasteiger partial charge in [0.1, 0.15) is 11.6 Å². The highest BCUT2D eigenvalue weighted by Gasteiger charge is 2.21. The third-order valence-electron chi connectivity index (χ3n) is 6.28. The van der Waals surface area contributed by atoms with Gasteiger partial charge in [0.2, 0.25) is 0 Å². The minimum atomic E-state index is -0.142. The van der Waals surface area contributed by atoms with Crippen LogP contribution in [0, 0.1) is 0 Å². The van der Waals surface area contributed by atoms with Gasteiger partial charge in [-0.1, -0.05) is 0 Å². The van der Waals surface area contributed by atoms with Gasteiger partial charge in [-0.05, 0) is 88.0 Å². The molecule has 1 fully saturated rings. The highest BCUT2D eigenvalue weighted by Crippen LogP contribution is 2.25. The number of nitrogens with zero attached hydrogens (tertiary/aromatic N) is 3. The van der Waals surface area contributed by atoms with E-state index in [-0.39, 0.29) is 11.9 Å². The summed E-state index contributed by atoms with van der Waals surface area (Å²) in [6.45, 7) is 8.38. The lowest BCUT2D eigenvalue weighted by molar-refractivity contribution is 0.102. The Labute approximate surface area is 193 Å². The summed E-state index contributed by atoms with van der Waals surface area (Å²) in [6.07, 6.45) is 4.26. The number of hydrogen-bond donors (Lipinski definition) is 3. The molecule has 2 aromatic carbocycles. The molecule has 3 N–H and O–H groups in total. The number of anilines is 2. The van der Waals surface area contributed by atoms with E-state index in [2.05, 4.69) is 46.3 Å². The maximum absolute atomic E-state index is 13.0. The van der Waals surface area contributed by atoms with Crippen LogP contribution < -0.4 is 10.6 Å². The Kier molecular flexibility index (Phi) is 5.72.